The van der Waals surface area contributed by atoms with Crippen LogP contribution in [0.15, 0.2) is 22.7 Å². The summed E-state index contributed by atoms with van der Waals surface area (Å²) in [7, 11) is 1.68. The molecule has 0 aromatic heterocycles. The third-order valence-electron chi connectivity index (χ3n) is 2.70. The molecule has 3 nitrogen and oxygen atoms in total. The summed E-state index contributed by atoms with van der Waals surface area (Å²) < 4.78 is 6.33. The number of benzene rings is 1. The molecule has 0 heterocycles. The van der Waals surface area contributed by atoms with E-state index in [2.05, 4.69) is 21.2 Å². The lowest BCUT2D eigenvalue weighted by molar-refractivity contribution is 0.369. The predicted octanol–water partition coefficient (Wildman–Crippen LogP) is 2.36. The lowest BCUT2D eigenvalue weighted by Gasteiger charge is -2.34. The first kappa shape index (κ1) is 10.8. The van der Waals surface area contributed by atoms with Crippen LogP contribution in [0.1, 0.15) is 12.8 Å². The van der Waals surface area contributed by atoms with E-state index in [9.17, 15) is 0 Å². The van der Waals surface area contributed by atoms with Gasteiger partial charge in [0.15, 0.2) is 0 Å². The molecule has 0 bridgehead atoms. The second-order valence-corrected chi connectivity index (χ2v) is 4.83. The Bertz CT molecular complexity index is 350. The monoisotopic (exact) mass is 270 g/mol. The molecule has 0 unspecified atom stereocenters. The van der Waals surface area contributed by atoms with E-state index >= 15 is 0 Å². The summed E-state index contributed by atoms with van der Waals surface area (Å²) in [6, 6.07) is 6.80. The largest absolute Gasteiger partial charge is 0.495 e. The lowest BCUT2D eigenvalue weighted by atomic mass is 9.87. The Morgan fingerprint density at radius 1 is 1.47 bits per heavy atom. The number of hydrogen-bond acceptors (Lipinski definition) is 3. The van der Waals surface area contributed by atoms with Gasteiger partial charge in [0.05, 0.1) is 12.8 Å². The van der Waals surface area contributed by atoms with Gasteiger partial charge >= 0.3 is 0 Å². The third-order valence-corrected chi connectivity index (χ3v) is 3.19. The van der Waals surface area contributed by atoms with Gasteiger partial charge in [-0.1, -0.05) is 15.9 Å². The Hall–Kier alpha value is -0.740. The Kier molecular flexibility index (Phi) is 3.17. The molecular formula is C11H15BrN2O. The molecular weight excluding hydrogens is 256 g/mol. The van der Waals surface area contributed by atoms with E-state index in [-0.39, 0.29) is 0 Å². The fourth-order valence-electron chi connectivity index (χ4n) is 1.79. The molecule has 1 fully saturated rings. The molecule has 0 atom stereocenters. The van der Waals surface area contributed by atoms with Gasteiger partial charge in [0.1, 0.15) is 5.75 Å². The average molecular weight is 271 g/mol. The molecule has 2 rings (SSSR count). The van der Waals surface area contributed by atoms with Gasteiger partial charge in [-0.15, -0.1) is 0 Å². The van der Waals surface area contributed by atoms with E-state index in [1.807, 2.05) is 18.2 Å². The number of methoxy groups -OCH3 is 1. The van der Waals surface area contributed by atoms with Gasteiger partial charge < -0.3 is 15.8 Å². The van der Waals surface area contributed by atoms with Crippen LogP contribution in [0, 0.1) is 0 Å². The Balaban J connectivity index is 2.08. The molecule has 0 saturated heterocycles. The molecule has 4 heteroatoms. The number of ether oxygens (including phenoxy) is 1. The summed E-state index contributed by atoms with van der Waals surface area (Å²) in [5.41, 5.74) is 6.77. The topological polar surface area (TPSA) is 47.3 Å². The minimum atomic E-state index is 0.362. The van der Waals surface area contributed by atoms with Crippen molar-refractivity contribution in [2.75, 3.05) is 12.4 Å². The Labute approximate surface area is 98.1 Å². The van der Waals surface area contributed by atoms with E-state index in [0.29, 0.717) is 12.1 Å². The van der Waals surface area contributed by atoms with Crippen LogP contribution in [0.3, 0.4) is 0 Å². The second-order valence-electron chi connectivity index (χ2n) is 3.92. The number of anilines is 1. The smallest absolute Gasteiger partial charge is 0.142 e. The number of hydrogen-bond donors (Lipinski definition) is 2. The molecule has 1 aromatic carbocycles. The maximum atomic E-state index is 5.74. The molecule has 0 amide bonds. The highest BCUT2D eigenvalue weighted by molar-refractivity contribution is 9.10. The lowest BCUT2D eigenvalue weighted by Crippen LogP contribution is -2.44. The zero-order valence-corrected chi connectivity index (χ0v) is 10.3. The van der Waals surface area contributed by atoms with Crippen molar-refractivity contribution < 1.29 is 4.74 Å². The quantitative estimate of drug-likeness (QED) is 0.887. The van der Waals surface area contributed by atoms with Gasteiger partial charge in [-0.05, 0) is 31.0 Å². The van der Waals surface area contributed by atoms with Gasteiger partial charge in [-0.3, -0.25) is 0 Å². The fraction of sp³-hybridized carbons (Fsp3) is 0.455. The molecule has 15 heavy (non-hydrogen) atoms. The maximum absolute atomic E-state index is 5.74. The molecule has 0 radical (unpaired) electrons. The first-order valence-electron chi connectivity index (χ1n) is 5.04. The molecule has 0 spiro atoms. The number of nitrogens with two attached hydrogens (primary N) is 1. The number of nitrogens with one attached hydrogen (secondary N) is 1. The second kappa shape index (κ2) is 4.41. The van der Waals surface area contributed by atoms with Crippen LogP contribution in [0.25, 0.3) is 0 Å². The third kappa shape index (κ3) is 2.44. The van der Waals surface area contributed by atoms with Crippen molar-refractivity contribution in [3.05, 3.63) is 22.7 Å². The van der Waals surface area contributed by atoms with E-state index < -0.39 is 0 Å². The summed E-state index contributed by atoms with van der Waals surface area (Å²) in [5.74, 6) is 0.874. The normalized spacial score (nSPS) is 24.5. The van der Waals surface area contributed by atoms with E-state index in [1.165, 1.54) is 0 Å². The summed E-state index contributed by atoms with van der Waals surface area (Å²) >= 11 is 3.45. The van der Waals surface area contributed by atoms with Crippen molar-refractivity contribution in [1.82, 2.24) is 0 Å². The molecule has 1 aliphatic carbocycles. The SMILES string of the molecule is COc1ccc(Br)cc1NC1CC(N)C1. The van der Waals surface area contributed by atoms with Gasteiger partial charge in [0, 0.05) is 16.6 Å². The highest BCUT2D eigenvalue weighted by atomic mass is 79.9. The standard InChI is InChI=1S/C11H15BrN2O/c1-15-11-3-2-7(12)4-10(11)14-9-5-8(13)6-9/h2-4,8-9,14H,5-6,13H2,1H3. The zero-order valence-electron chi connectivity index (χ0n) is 8.66. The molecule has 1 saturated carbocycles. The van der Waals surface area contributed by atoms with Crippen molar-refractivity contribution in [1.29, 1.82) is 0 Å². The Morgan fingerprint density at radius 3 is 2.80 bits per heavy atom. The first-order valence-corrected chi connectivity index (χ1v) is 5.84. The molecule has 1 aliphatic rings. The van der Waals surface area contributed by atoms with Crippen molar-refractivity contribution in [2.24, 2.45) is 5.73 Å². The number of halogens is 1. The molecule has 82 valence electrons. The van der Waals surface area contributed by atoms with Crippen molar-refractivity contribution in [2.45, 2.75) is 24.9 Å². The number of rotatable bonds is 3. The van der Waals surface area contributed by atoms with Gasteiger partial charge in [-0.25, -0.2) is 0 Å². The van der Waals surface area contributed by atoms with E-state index in [4.69, 9.17) is 10.5 Å². The van der Waals surface area contributed by atoms with Crippen LogP contribution in [0.2, 0.25) is 0 Å². The Morgan fingerprint density at radius 2 is 2.20 bits per heavy atom. The summed E-state index contributed by atoms with van der Waals surface area (Å²) in [6.45, 7) is 0. The highest BCUT2D eigenvalue weighted by Crippen LogP contribution is 2.31. The van der Waals surface area contributed by atoms with Crippen LogP contribution < -0.4 is 15.8 Å². The van der Waals surface area contributed by atoms with Crippen molar-refractivity contribution in [3.8, 4) is 5.75 Å². The highest BCUT2D eigenvalue weighted by Gasteiger charge is 2.26. The van der Waals surface area contributed by atoms with Gasteiger partial charge in [0.25, 0.3) is 0 Å². The minimum Gasteiger partial charge on any atom is -0.495 e. The predicted molar refractivity (Wildman–Crippen MR) is 65.3 cm³/mol. The first-order chi connectivity index (χ1) is 7.19. The van der Waals surface area contributed by atoms with Crippen molar-refractivity contribution in [3.63, 3.8) is 0 Å². The molecule has 0 aliphatic heterocycles. The summed E-state index contributed by atoms with van der Waals surface area (Å²) in [6.07, 6.45) is 2.07. The fourth-order valence-corrected chi connectivity index (χ4v) is 2.15. The van der Waals surface area contributed by atoms with E-state index in [0.717, 1.165) is 28.8 Å². The van der Waals surface area contributed by atoms with Crippen LogP contribution in [0.4, 0.5) is 5.69 Å². The van der Waals surface area contributed by atoms with E-state index in [1.54, 1.807) is 7.11 Å². The summed E-state index contributed by atoms with van der Waals surface area (Å²) in [5, 5.41) is 3.43. The van der Waals surface area contributed by atoms with Crippen molar-refractivity contribution >= 4 is 21.6 Å². The van der Waals surface area contributed by atoms with Gasteiger partial charge in [0.2, 0.25) is 0 Å². The van der Waals surface area contributed by atoms with Crippen LogP contribution >= 0.6 is 15.9 Å². The maximum Gasteiger partial charge on any atom is 0.142 e. The zero-order chi connectivity index (χ0) is 10.8. The molecule has 1 aromatic rings. The summed E-state index contributed by atoms with van der Waals surface area (Å²) in [4.78, 5) is 0. The van der Waals surface area contributed by atoms with Crippen LogP contribution in [0.5, 0.6) is 5.75 Å². The molecule has 3 N–H and O–H groups in total. The average Bonchev–Trinajstić information content (AvgIpc) is 2.16. The van der Waals surface area contributed by atoms with Crippen LogP contribution in [-0.2, 0) is 0 Å². The minimum absolute atomic E-state index is 0.362. The van der Waals surface area contributed by atoms with Crippen LogP contribution in [-0.4, -0.2) is 19.2 Å². The van der Waals surface area contributed by atoms with Gasteiger partial charge in [-0.2, -0.15) is 0 Å².